The number of carbonyl (C=O) groups is 1. The molecular formula is C19H22N4O2. The highest BCUT2D eigenvalue weighted by Gasteiger charge is 2.32. The lowest BCUT2D eigenvalue weighted by Crippen LogP contribution is -2.41. The van der Waals surface area contributed by atoms with E-state index in [1.807, 2.05) is 36.4 Å². The van der Waals surface area contributed by atoms with Crippen molar-refractivity contribution in [2.75, 3.05) is 18.5 Å². The first-order valence-electron chi connectivity index (χ1n) is 8.21. The molecule has 2 aromatic carbocycles. The van der Waals surface area contributed by atoms with E-state index in [-0.39, 0.29) is 23.9 Å². The zero-order chi connectivity index (χ0) is 17.8. The Bertz CT molecular complexity index is 763. The van der Waals surface area contributed by atoms with Crippen LogP contribution in [0.25, 0.3) is 0 Å². The summed E-state index contributed by atoms with van der Waals surface area (Å²) in [5.41, 5.74) is 7.00. The number of benzene rings is 2. The van der Waals surface area contributed by atoms with Crippen LogP contribution >= 0.6 is 0 Å². The summed E-state index contributed by atoms with van der Waals surface area (Å²) < 4.78 is 5.95. The average molecular weight is 338 g/mol. The molecule has 0 bridgehead atoms. The molecule has 0 spiro atoms. The van der Waals surface area contributed by atoms with Crippen LogP contribution in [-0.2, 0) is 4.79 Å². The number of hydrogen-bond donors (Lipinski definition) is 3. The quantitative estimate of drug-likeness (QED) is 0.572. The molecule has 6 nitrogen and oxygen atoms in total. The van der Waals surface area contributed by atoms with Gasteiger partial charge in [0.25, 0.3) is 0 Å². The van der Waals surface area contributed by atoms with Crippen LogP contribution in [0.3, 0.4) is 0 Å². The Morgan fingerprint density at radius 2 is 2.00 bits per heavy atom. The van der Waals surface area contributed by atoms with Crippen molar-refractivity contribution in [1.29, 1.82) is 5.41 Å². The first kappa shape index (κ1) is 17.0. The lowest BCUT2D eigenvalue weighted by Gasteiger charge is -2.21. The van der Waals surface area contributed by atoms with E-state index in [1.165, 1.54) is 0 Å². The minimum absolute atomic E-state index is 0.00698. The minimum Gasteiger partial charge on any atom is -0.489 e. The second-order valence-electron chi connectivity index (χ2n) is 6.11. The number of rotatable bonds is 5. The second kappa shape index (κ2) is 7.36. The van der Waals surface area contributed by atoms with Crippen molar-refractivity contribution in [3.63, 3.8) is 0 Å². The summed E-state index contributed by atoms with van der Waals surface area (Å²) in [5.74, 6) is 0.686. The molecule has 0 radical (unpaired) electrons. The van der Waals surface area contributed by atoms with E-state index in [2.05, 4.69) is 5.32 Å². The van der Waals surface area contributed by atoms with Gasteiger partial charge in [0.15, 0.2) is 0 Å². The number of amides is 1. The number of nitrogens with one attached hydrogen (secondary N) is 2. The maximum absolute atomic E-state index is 12.7. The van der Waals surface area contributed by atoms with Gasteiger partial charge in [-0.25, -0.2) is 0 Å². The Hall–Kier alpha value is -2.86. The maximum Gasteiger partial charge on any atom is 0.244 e. The molecule has 25 heavy (non-hydrogen) atoms. The van der Waals surface area contributed by atoms with E-state index in [1.54, 1.807) is 30.1 Å². The number of para-hydroxylation sites is 1. The van der Waals surface area contributed by atoms with Gasteiger partial charge in [-0.2, -0.15) is 0 Å². The largest absolute Gasteiger partial charge is 0.489 e. The Labute approximate surface area is 147 Å². The highest BCUT2D eigenvalue weighted by atomic mass is 16.5. The van der Waals surface area contributed by atoms with Gasteiger partial charge < -0.3 is 20.7 Å². The van der Waals surface area contributed by atoms with E-state index in [0.717, 1.165) is 5.69 Å². The molecule has 4 N–H and O–H groups in total. The second-order valence-corrected chi connectivity index (χ2v) is 6.11. The van der Waals surface area contributed by atoms with Crippen LogP contribution < -0.4 is 20.7 Å². The Balaban J connectivity index is 1.61. The van der Waals surface area contributed by atoms with E-state index >= 15 is 0 Å². The molecule has 1 aliphatic rings. The molecule has 0 unspecified atom stereocenters. The van der Waals surface area contributed by atoms with Gasteiger partial charge in [-0.15, -0.1) is 0 Å². The van der Waals surface area contributed by atoms with Gasteiger partial charge in [-0.3, -0.25) is 10.2 Å². The van der Waals surface area contributed by atoms with Crippen molar-refractivity contribution in [3.05, 3.63) is 60.2 Å². The lowest BCUT2D eigenvalue weighted by atomic mass is 10.1. The molecule has 1 heterocycles. The Morgan fingerprint density at radius 1 is 1.24 bits per heavy atom. The van der Waals surface area contributed by atoms with Gasteiger partial charge in [0.1, 0.15) is 17.7 Å². The third kappa shape index (κ3) is 3.97. The molecule has 3 rings (SSSR count). The number of nitrogens with zero attached hydrogens (tertiary/aromatic N) is 1. The first-order chi connectivity index (χ1) is 12.0. The molecule has 2 aromatic rings. The topological polar surface area (TPSA) is 91.4 Å². The summed E-state index contributed by atoms with van der Waals surface area (Å²) in [6, 6.07) is 16.4. The van der Waals surface area contributed by atoms with E-state index < -0.39 is 0 Å². The summed E-state index contributed by atoms with van der Waals surface area (Å²) >= 11 is 0. The molecule has 1 fully saturated rings. The number of nitrogens with two attached hydrogens (primary N) is 1. The standard InChI is InChI=1S/C19H22N4O2/c1-23(14-7-3-2-4-8-14)19(24)17-11-16(12-22-17)25-15-9-5-6-13(10-15)18(20)21/h2-10,16-17,22H,11-12H2,1H3,(H3,20,21)/t16-,17+/m1/s1. The molecule has 1 amide bonds. The van der Waals surface area contributed by atoms with Crippen LogP contribution in [0.5, 0.6) is 5.75 Å². The minimum atomic E-state index is -0.272. The first-order valence-corrected chi connectivity index (χ1v) is 8.21. The van der Waals surface area contributed by atoms with Gasteiger partial charge >= 0.3 is 0 Å². The van der Waals surface area contributed by atoms with Crippen LogP contribution in [0.15, 0.2) is 54.6 Å². The fraction of sp³-hybridized carbons (Fsp3) is 0.263. The summed E-state index contributed by atoms with van der Waals surface area (Å²) in [6.45, 7) is 0.601. The van der Waals surface area contributed by atoms with Crippen LogP contribution in [0.1, 0.15) is 12.0 Å². The Kier molecular flexibility index (Phi) is 5.00. The number of amidine groups is 1. The smallest absolute Gasteiger partial charge is 0.244 e. The summed E-state index contributed by atoms with van der Waals surface area (Å²) in [6.07, 6.45) is 0.501. The molecule has 1 aliphatic heterocycles. The van der Waals surface area contributed by atoms with Crippen molar-refractivity contribution < 1.29 is 9.53 Å². The number of hydrogen-bond acceptors (Lipinski definition) is 4. The van der Waals surface area contributed by atoms with Crippen LogP contribution in [0.4, 0.5) is 5.69 Å². The predicted molar refractivity (Wildman–Crippen MR) is 98.1 cm³/mol. The predicted octanol–water partition coefficient (Wildman–Crippen LogP) is 1.74. The fourth-order valence-electron chi connectivity index (χ4n) is 2.92. The molecule has 130 valence electrons. The van der Waals surface area contributed by atoms with Gasteiger partial charge in [0.05, 0.1) is 6.04 Å². The van der Waals surface area contributed by atoms with Gasteiger partial charge in [0.2, 0.25) is 5.91 Å². The third-order valence-electron chi connectivity index (χ3n) is 4.31. The van der Waals surface area contributed by atoms with E-state index in [4.69, 9.17) is 15.9 Å². The molecule has 2 atom stereocenters. The van der Waals surface area contributed by atoms with Gasteiger partial charge in [0, 0.05) is 31.3 Å². The molecule has 1 saturated heterocycles. The summed E-state index contributed by atoms with van der Waals surface area (Å²) in [4.78, 5) is 14.3. The van der Waals surface area contributed by atoms with Gasteiger partial charge in [-0.05, 0) is 24.3 Å². The molecule has 6 heteroatoms. The molecular weight excluding hydrogens is 316 g/mol. The number of nitrogen functional groups attached to an aromatic ring is 1. The fourth-order valence-corrected chi connectivity index (χ4v) is 2.92. The van der Waals surface area contributed by atoms with Crippen molar-refractivity contribution in [1.82, 2.24) is 5.32 Å². The van der Waals surface area contributed by atoms with E-state index in [9.17, 15) is 4.79 Å². The average Bonchev–Trinajstić information content (AvgIpc) is 3.10. The lowest BCUT2D eigenvalue weighted by molar-refractivity contribution is -0.120. The maximum atomic E-state index is 12.7. The molecule has 0 aliphatic carbocycles. The highest BCUT2D eigenvalue weighted by molar-refractivity contribution is 5.97. The summed E-state index contributed by atoms with van der Waals surface area (Å²) in [7, 11) is 1.78. The summed E-state index contributed by atoms with van der Waals surface area (Å²) in [5, 5.41) is 10.7. The highest BCUT2D eigenvalue weighted by Crippen LogP contribution is 2.21. The SMILES string of the molecule is CN(C(=O)[C@@H]1C[C@@H](Oc2cccc(C(=N)N)c2)CN1)c1ccccc1. The van der Waals surface area contributed by atoms with Crippen LogP contribution in [0, 0.1) is 5.41 Å². The monoisotopic (exact) mass is 338 g/mol. The van der Waals surface area contributed by atoms with Crippen molar-refractivity contribution >= 4 is 17.4 Å². The Morgan fingerprint density at radius 3 is 2.72 bits per heavy atom. The number of ether oxygens (including phenoxy) is 1. The number of likely N-dealkylation sites (N-methyl/N-ethyl adjacent to an activating group) is 1. The number of anilines is 1. The van der Waals surface area contributed by atoms with E-state index in [0.29, 0.717) is 24.3 Å². The zero-order valence-corrected chi connectivity index (χ0v) is 14.1. The number of carbonyl (C=O) groups excluding carboxylic acids is 1. The van der Waals surface area contributed by atoms with Crippen molar-refractivity contribution in [2.45, 2.75) is 18.6 Å². The van der Waals surface area contributed by atoms with Crippen LogP contribution in [-0.4, -0.2) is 37.5 Å². The van der Waals surface area contributed by atoms with Crippen molar-refractivity contribution in [2.24, 2.45) is 5.73 Å². The van der Waals surface area contributed by atoms with Crippen molar-refractivity contribution in [3.8, 4) is 5.75 Å². The molecule has 0 aromatic heterocycles. The van der Waals surface area contributed by atoms with Crippen LogP contribution in [0.2, 0.25) is 0 Å². The normalized spacial score (nSPS) is 19.4. The van der Waals surface area contributed by atoms with Gasteiger partial charge in [-0.1, -0.05) is 30.3 Å². The molecule has 0 saturated carbocycles. The third-order valence-corrected chi connectivity index (χ3v) is 4.31. The zero-order valence-electron chi connectivity index (χ0n) is 14.1.